The number of rotatable bonds is 4. The Morgan fingerprint density at radius 2 is 1.96 bits per heavy atom. The van der Waals surface area contributed by atoms with Crippen molar-refractivity contribution in [2.75, 3.05) is 0 Å². The van der Waals surface area contributed by atoms with Crippen LogP contribution in [-0.4, -0.2) is 16.9 Å². The number of hydrogen-bond acceptors (Lipinski definition) is 4. The van der Waals surface area contributed by atoms with E-state index in [0.29, 0.717) is 23.8 Å². The van der Waals surface area contributed by atoms with E-state index in [9.17, 15) is 14.4 Å². The van der Waals surface area contributed by atoms with Crippen LogP contribution in [0.1, 0.15) is 53.4 Å². The Kier molecular flexibility index (Phi) is 4.03. The van der Waals surface area contributed by atoms with Crippen LogP contribution in [0.3, 0.4) is 0 Å². The maximum Gasteiger partial charge on any atom is 0.371 e. The van der Waals surface area contributed by atoms with Gasteiger partial charge in [0, 0.05) is 12.5 Å². The molecule has 0 atom stereocenters. The first-order valence-electron chi connectivity index (χ1n) is 7.81. The van der Waals surface area contributed by atoms with Crippen molar-refractivity contribution in [2.45, 2.75) is 45.4 Å². The number of fused-ring (bicyclic) bond motifs is 2. The molecule has 1 aromatic heterocycles. The van der Waals surface area contributed by atoms with Crippen molar-refractivity contribution in [3.8, 4) is 0 Å². The summed E-state index contributed by atoms with van der Waals surface area (Å²) in [6, 6.07) is 2.85. The van der Waals surface area contributed by atoms with Crippen LogP contribution >= 0.6 is 0 Å². The van der Waals surface area contributed by atoms with Crippen molar-refractivity contribution in [2.24, 2.45) is 0 Å². The Bertz CT molecular complexity index is 860. The van der Waals surface area contributed by atoms with Gasteiger partial charge in [0.15, 0.2) is 5.43 Å². The van der Waals surface area contributed by atoms with Crippen LogP contribution in [-0.2, 0) is 24.1 Å². The Labute approximate surface area is 132 Å². The minimum Gasteiger partial charge on any atom is -0.475 e. The summed E-state index contributed by atoms with van der Waals surface area (Å²) in [5, 5.41) is 9.54. The molecule has 5 nitrogen and oxygen atoms in total. The van der Waals surface area contributed by atoms with Gasteiger partial charge in [0.25, 0.3) is 0 Å². The number of hydrogen-bond donors (Lipinski definition) is 1. The normalized spacial score (nSPS) is 13.8. The number of carboxylic acids is 1. The lowest BCUT2D eigenvalue weighted by atomic mass is 9.85. The van der Waals surface area contributed by atoms with Crippen LogP contribution in [0.4, 0.5) is 0 Å². The molecule has 0 spiro atoms. The quantitative estimate of drug-likeness (QED) is 0.938. The lowest BCUT2D eigenvalue weighted by Gasteiger charge is -2.20. The van der Waals surface area contributed by atoms with Crippen LogP contribution in [0, 0.1) is 0 Å². The molecule has 0 bridgehead atoms. The number of aryl methyl sites for hydroxylation is 2. The zero-order valence-electron chi connectivity index (χ0n) is 13.0. The van der Waals surface area contributed by atoms with Gasteiger partial charge in [-0.15, -0.1) is 0 Å². The first-order chi connectivity index (χ1) is 11.0. The third-order valence-corrected chi connectivity index (χ3v) is 4.39. The smallest absolute Gasteiger partial charge is 0.371 e. The summed E-state index contributed by atoms with van der Waals surface area (Å²) in [5.74, 6) is -1.56. The molecule has 0 aliphatic heterocycles. The van der Waals surface area contributed by atoms with E-state index < -0.39 is 5.97 Å². The summed E-state index contributed by atoms with van der Waals surface area (Å²) >= 11 is 0. The van der Waals surface area contributed by atoms with E-state index in [1.807, 2.05) is 6.07 Å². The molecule has 0 unspecified atom stereocenters. The maximum atomic E-state index is 12.3. The largest absolute Gasteiger partial charge is 0.475 e. The fourth-order valence-electron chi connectivity index (χ4n) is 3.28. The van der Waals surface area contributed by atoms with Crippen molar-refractivity contribution in [1.82, 2.24) is 0 Å². The van der Waals surface area contributed by atoms with Gasteiger partial charge >= 0.3 is 5.97 Å². The highest BCUT2D eigenvalue weighted by atomic mass is 16.4. The Morgan fingerprint density at radius 3 is 2.65 bits per heavy atom. The standard InChI is InChI=1S/C18H18O5/c1-10(19)6-7-13-12-5-3-2-4-11(12)8-14-15(20)9-16(18(21)22)23-17(13)14/h8-9H,2-7H2,1H3,(H,21,22). The SMILES string of the molecule is CC(=O)CCc1c2c(cc3c(=O)cc(C(=O)O)oc13)CCCC2. The monoisotopic (exact) mass is 314 g/mol. The number of carbonyl (C=O) groups is 2. The van der Waals surface area contributed by atoms with E-state index in [2.05, 4.69) is 0 Å². The number of benzene rings is 1. The van der Waals surface area contributed by atoms with Gasteiger partial charge in [0.05, 0.1) is 5.39 Å². The molecule has 0 fully saturated rings. The van der Waals surface area contributed by atoms with Gasteiger partial charge in [-0.25, -0.2) is 4.79 Å². The Morgan fingerprint density at radius 1 is 1.22 bits per heavy atom. The Balaban J connectivity index is 2.30. The number of carbonyl (C=O) groups excluding carboxylic acids is 1. The van der Waals surface area contributed by atoms with Crippen molar-refractivity contribution in [3.63, 3.8) is 0 Å². The molecule has 3 rings (SSSR count). The third-order valence-electron chi connectivity index (χ3n) is 4.39. The van der Waals surface area contributed by atoms with Gasteiger partial charge in [0.2, 0.25) is 5.76 Å². The number of carboxylic acid groups (broad SMARTS) is 1. The first-order valence-corrected chi connectivity index (χ1v) is 7.81. The van der Waals surface area contributed by atoms with Gasteiger partial charge in [-0.1, -0.05) is 0 Å². The van der Waals surface area contributed by atoms with E-state index in [-0.39, 0.29) is 17.0 Å². The molecular weight excluding hydrogens is 296 g/mol. The molecule has 2 aromatic rings. The van der Waals surface area contributed by atoms with Gasteiger partial charge < -0.3 is 14.3 Å². The zero-order valence-corrected chi connectivity index (χ0v) is 13.0. The summed E-state index contributed by atoms with van der Waals surface area (Å²) in [7, 11) is 0. The van der Waals surface area contributed by atoms with E-state index in [1.54, 1.807) is 0 Å². The van der Waals surface area contributed by atoms with Gasteiger partial charge in [-0.05, 0) is 61.8 Å². The number of ketones is 1. The molecule has 0 amide bonds. The lowest BCUT2D eigenvalue weighted by Crippen LogP contribution is -2.13. The van der Waals surface area contributed by atoms with Crippen molar-refractivity contribution in [1.29, 1.82) is 0 Å². The highest BCUT2D eigenvalue weighted by Gasteiger charge is 2.21. The van der Waals surface area contributed by atoms with Crippen LogP contribution < -0.4 is 5.43 Å². The molecule has 1 aliphatic rings. The number of Topliss-reactive ketones (excluding diaryl/α,β-unsaturated/α-hetero) is 1. The molecule has 1 aromatic carbocycles. The molecule has 1 heterocycles. The topological polar surface area (TPSA) is 84.6 Å². The molecule has 120 valence electrons. The van der Waals surface area contributed by atoms with Gasteiger partial charge in [0.1, 0.15) is 11.4 Å². The van der Waals surface area contributed by atoms with E-state index >= 15 is 0 Å². The fraction of sp³-hybridized carbons (Fsp3) is 0.389. The maximum absolute atomic E-state index is 12.3. The molecule has 0 saturated carbocycles. The predicted octanol–water partition coefficient (Wildman–Crippen LogP) is 2.89. The van der Waals surface area contributed by atoms with E-state index in [1.165, 1.54) is 6.92 Å². The summed E-state index contributed by atoms with van der Waals surface area (Å²) in [6.45, 7) is 1.52. The zero-order chi connectivity index (χ0) is 16.6. The average Bonchev–Trinajstić information content (AvgIpc) is 2.51. The Hall–Kier alpha value is -2.43. The minimum absolute atomic E-state index is 0.0586. The second-order valence-corrected chi connectivity index (χ2v) is 6.06. The third kappa shape index (κ3) is 2.91. The van der Waals surface area contributed by atoms with Crippen LogP contribution in [0.25, 0.3) is 11.0 Å². The molecule has 5 heteroatoms. The minimum atomic E-state index is -1.26. The highest BCUT2D eigenvalue weighted by Crippen LogP contribution is 2.31. The summed E-state index contributed by atoms with van der Waals surface area (Å²) in [6.07, 6.45) is 4.73. The van der Waals surface area contributed by atoms with Crippen LogP contribution in [0.2, 0.25) is 0 Å². The summed E-state index contributed by atoms with van der Waals surface area (Å²) < 4.78 is 5.52. The van der Waals surface area contributed by atoms with Crippen LogP contribution in [0.15, 0.2) is 21.3 Å². The number of aromatic carboxylic acids is 1. The molecule has 1 aliphatic carbocycles. The van der Waals surface area contributed by atoms with E-state index in [0.717, 1.165) is 48.4 Å². The van der Waals surface area contributed by atoms with E-state index in [4.69, 9.17) is 9.52 Å². The van der Waals surface area contributed by atoms with Gasteiger partial charge in [-0.2, -0.15) is 0 Å². The second-order valence-electron chi connectivity index (χ2n) is 6.06. The van der Waals surface area contributed by atoms with Crippen molar-refractivity contribution < 1.29 is 19.1 Å². The second kappa shape index (κ2) is 5.99. The molecular formula is C18H18O5. The molecule has 23 heavy (non-hydrogen) atoms. The van der Waals surface area contributed by atoms with Crippen LogP contribution in [0.5, 0.6) is 0 Å². The molecule has 0 radical (unpaired) electrons. The molecule has 1 N–H and O–H groups in total. The predicted molar refractivity (Wildman–Crippen MR) is 85.1 cm³/mol. The summed E-state index contributed by atoms with van der Waals surface area (Å²) in [5.41, 5.74) is 3.05. The lowest BCUT2D eigenvalue weighted by molar-refractivity contribution is -0.116. The highest BCUT2D eigenvalue weighted by molar-refractivity contribution is 5.89. The summed E-state index contributed by atoms with van der Waals surface area (Å²) in [4.78, 5) is 34.8. The van der Waals surface area contributed by atoms with Crippen molar-refractivity contribution >= 4 is 22.7 Å². The molecule has 0 saturated heterocycles. The first kappa shape index (κ1) is 15.5. The fourth-order valence-corrected chi connectivity index (χ4v) is 3.28. The van der Waals surface area contributed by atoms with Crippen molar-refractivity contribution in [3.05, 3.63) is 44.8 Å². The average molecular weight is 314 g/mol. The van der Waals surface area contributed by atoms with Gasteiger partial charge in [-0.3, -0.25) is 4.79 Å².